The first-order chi connectivity index (χ1) is 18.4. The van der Waals surface area contributed by atoms with Gasteiger partial charge in [-0.2, -0.15) is 0 Å². The maximum Gasteiger partial charge on any atom is 0.272 e. The molecule has 0 saturated heterocycles. The van der Waals surface area contributed by atoms with E-state index >= 15 is 0 Å². The molecule has 4 rings (SSSR count). The van der Waals surface area contributed by atoms with Gasteiger partial charge in [0.05, 0.1) is 28.3 Å². The predicted octanol–water partition coefficient (Wildman–Crippen LogP) is 3.02. The highest BCUT2D eigenvalue weighted by Crippen LogP contribution is 2.20. The second-order valence-electron chi connectivity index (χ2n) is 8.38. The lowest BCUT2D eigenvalue weighted by atomic mass is 10.1. The van der Waals surface area contributed by atoms with Crippen molar-refractivity contribution in [2.24, 2.45) is 0 Å². The smallest absolute Gasteiger partial charge is 0.272 e. The molecule has 2 aromatic carbocycles. The molecule has 0 saturated carbocycles. The van der Waals surface area contributed by atoms with Gasteiger partial charge in [-0.25, -0.2) is 9.97 Å². The van der Waals surface area contributed by atoms with Crippen LogP contribution in [0, 0.1) is 18.8 Å². The Morgan fingerprint density at radius 1 is 1.11 bits per heavy atom. The Bertz CT molecular complexity index is 1630. The van der Waals surface area contributed by atoms with E-state index in [1.54, 1.807) is 44.2 Å². The number of benzene rings is 2. The van der Waals surface area contributed by atoms with E-state index in [1.807, 2.05) is 18.2 Å². The Morgan fingerprint density at radius 2 is 1.87 bits per heavy atom. The van der Waals surface area contributed by atoms with Crippen molar-refractivity contribution in [1.29, 1.82) is 0 Å². The number of nitrogens with zero attached hydrogens (tertiary/aromatic N) is 4. The molecule has 0 aliphatic rings. The highest BCUT2D eigenvalue weighted by atomic mass is 16.2. The van der Waals surface area contributed by atoms with Crippen molar-refractivity contribution in [2.45, 2.75) is 26.3 Å². The number of amides is 2. The number of aromatic nitrogens is 4. The van der Waals surface area contributed by atoms with Gasteiger partial charge in [-0.3, -0.25) is 23.9 Å². The fourth-order valence-electron chi connectivity index (χ4n) is 3.91. The van der Waals surface area contributed by atoms with Gasteiger partial charge in [0.25, 0.3) is 11.5 Å². The molecule has 38 heavy (non-hydrogen) atoms. The van der Waals surface area contributed by atoms with Crippen molar-refractivity contribution in [1.82, 2.24) is 30.2 Å². The minimum Gasteiger partial charge on any atom is -0.352 e. The zero-order valence-electron chi connectivity index (χ0n) is 21.1. The molecule has 0 aliphatic heterocycles. The third-order valence-electron chi connectivity index (χ3n) is 5.73. The molecule has 9 nitrogen and oxygen atoms in total. The Balaban J connectivity index is 1.77. The minimum absolute atomic E-state index is 0.204. The lowest BCUT2D eigenvalue weighted by molar-refractivity contribution is -0.116. The summed E-state index contributed by atoms with van der Waals surface area (Å²) in [5, 5.41) is 5.93. The van der Waals surface area contributed by atoms with Crippen LogP contribution in [-0.2, 0) is 4.79 Å². The average molecular weight is 507 g/mol. The number of aryl methyl sites for hydroxylation is 1. The summed E-state index contributed by atoms with van der Waals surface area (Å²) in [6, 6.07) is 13.8. The van der Waals surface area contributed by atoms with Crippen LogP contribution < -0.4 is 16.2 Å². The summed E-state index contributed by atoms with van der Waals surface area (Å²) < 4.78 is 1.49. The Kier molecular flexibility index (Phi) is 8.04. The Labute approximate surface area is 219 Å². The van der Waals surface area contributed by atoms with Crippen LogP contribution in [0.2, 0.25) is 0 Å². The topological polar surface area (TPSA) is 119 Å². The molecule has 0 spiro atoms. The van der Waals surface area contributed by atoms with Gasteiger partial charge in [-0.15, -0.1) is 0 Å². The molecular weight excluding hydrogens is 480 g/mol. The van der Waals surface area contributed by atoms with Crippen molar-refractivity contribution in [3.63, 3.8) is 0 Å². The summed E-state index contributed by atoms with van der Waals surface area (Å²) in [5.74, 6) is 5.72. The van der Waals surface area contributed by atoms with Crippen LogP contribution >= 0.6 is 0 Å². The maximum atomic E-state index is 14.0. The van der Waals surface area contributed by atoms with Crippen molar-refractivity contribution in [3.8, 4) is 17.5 Å². The maximum absolute atomic E-state index is 14.0. The molecule has 0 aliphatic carbocycles. The predicted molar refractivity (Wildman–Crippen MR) is 145 cm³/mol. The summed E-state index contributed by atoms with van der Waals surface area (Å²) in [6.45, 7) is 7.25. The fourth-order valence-corrected chi connectivity index (χ4v) is 3.91. The summed E-state index contributed by atoms with van der Waals surface area (Å²) in [5.41, 5.74) is 1.98. The Hall–Kier alpha value is -5.10. The first kappa shape index (κ1) is 26.0. The van der Waals surface area contributed by atoms with Gasteiger partial charge >= 0.3 is 0 Å². The van der Waals surface area contributed by atoms with Crippen molar-refractivity contribution >= 4 is 22.7 Å². The monoisotopic (exact) mass is 506 g/mol. The molecule has 2 heterocycles. The van der Waals surface area contributed by atoms with Crippen LogP contribution in [0.15, 0.2) is 78.4 Å². The van der Waals surface area contributed by atoms with E-state index < -0.39 is 11.9 Å². The number of para-hydroxylation sites is 1. The van der Waals surface area contributed by atoms with E-state index in [4.69, 9.17) is 4.98 Å². The largest absolute Gasteiger partial charge is 0.352 e. The van der Waals surface area contributed by atoms with Gasteiger partial charge < -0.3 is 10.6 Å². The molecular formula is C29H26N6O3. The zero-order valence-corrected chi connectivity index (χ0v) is 21.1. The SMILES string of the molecule is C=CC(=O)NCCC#Cc1cccc2nc([C@@H](C)NC(=O)c3nccnc3C)n(-c3ccccc3)c(=O)c12. The van der Waals surface area contributed by atoms with Gasteiger partial charge in [-0.1, -0.05) is 42.7 Å². The second-order valence-corrected chi connectivity index (χ2v) is 8.38. The van der Waals surface area contributed by atoms with Crippen LogP contribution in [0.4, 0.5) is 0 Å². The van der Waals surface area contributed by atoms with Crippen LogP contribution in [0.5, 0.6) is 0 Å². The van der Waals surface area contributed by atoms with Gasteiger partial charge in [0, 0.05) is 30.9 Å². The van der Waals surface area contributed by atoms with E-state index in [2.05, 4.69) is 39.0 Å². The first-order valence-corrected chi connectivity index (χ1v) is 12.0. The van der Waals surface area contributed by atoms with E-state index in [0.29, 0.717) is 46.6 Å². The number of rotatable bonds is 7. The number of carbonyl (C=O) groups excluding carboxylic acids is 2. The van der Waals surface area contributed by atoms with Crippen LogP contribution in [0.3, 0.4) is 0 Å². The lowest BCUT2D eigenvalue weighted by Gasteiger charge is -2.20. The molecule has 4 aromatic rings. The number of carbonyl (C=O) groups is 2. The molecule has 1 atom stereocenters. The van der Waals surface area contributed by atoms with Crippen molar-refractivity contribution in [2.75, 3.05) is 6.54 Å². The first-order valence-electron chi connectivity index (χ1n) is 12.0. The standard InChI is InChI=1S/C29H26N6O3/c1-4-24(36)31-16-9-8-11-21-12-10-15-23-25(21)29(38)35(22-13-6-5-7-14-22)27(34-23)20(3)33-28(37)26-19(2)30-17-18-32-26/h4-7,10,12-15,17-18,20H,1,9,16H2,2-3H3,(H,31,36)(H,33,37)/t20-/m1/s1. The number of nitrogens with one attached hydrogen (secondary N) is 2. The third kappa shape index (κ3) is 5.65. The van der Waals surface area contributed by atoms with E-state index in [1.165, 1.54) is 23.0 Å². The van der Waals surface area contributed by atoms with Crippen LogP contribution in [0.1, 0.15) is 47.0 Å². The minimum atomic E-state index is -0.635. The number of hydrogen-bond acceptors (Lipinski definition) is 6. The van der Waals surface area contributed by atoms with Gasteiger partial charge in [0.2, 0.25) is 5.91 Å². The quantitative estimate of drug-likeness (QED) is 0.226. The number of hydrogen-bond donors (Lipinski definition) is 2. The van der Waals surface area contributed by atoms with E-state index in [9.17, 15) is 14.4 Å². The summed E-state index contributed by atoms with van der Waals surface area (Å²) in [6.07, 6.45) is 4.58. The molecule has 2 N–H and O–H groups in total. The van der Waals surface area contributed by atoms with Gasteiger partial charge in [0.15, 0.2) is 0 Å². The molecule has 190 valence electrons. The summed E-state index contributed by atoms with van der Waals surface area (Å²) >= 11 is 0. The zero-order chi connectivity index (χ0) is 27.1. The third-order valence-corrected chi connectivity index (χ3v) is 5.73. The fraction of sp³-hybridized carbons (Fsp3) is 0.172. The number of fused-ring (bicyclic) bond motifs is 1. The van der Waals surface area contributed by atoms with Gasteiger partial charge in [0.1, 0.15) is 11.5 Å². The molecule has 2 amide bonds. The molecule has 2 aromatic heterocycles. The molecule has 0 bridgehead atoms. The molecule has 9 heteroatoms. The van der Waals surface area contributed by atoms with Crippen LogP contribution in [-0.4, -0.2) is 37.9 Å². The van der Waals surface area contributed by atoms with Crippen molar-refractivity contribution in [3.05, 3.63) is 107 Å². The highest BCUT2D eigenvalue weighted by Gasteiger charge is 2.22. The highest BCUT2D eigenvalue weighted by molar-refractivity contribution is 5.93. The summed E-state index contributed by atoms with van der Waals surface area (Å²) in [4.78, 5) is 51.3. The van der Waals surface area contributed by atoms with Gasteiger partial charge in [-0.05, 0) is 44.2 Å². The normalized spacial score (nSPS) is 11.2. The van der Waals surface area contributed by atoms with Crippen LogP contribution in [0.25, 0.3) is 16.6 Å². The lowest BCUT2D eigenvalue weighted by Crippen LogP contribution is -2.34. The Morgan fingerprint density at radius 3 is 2.61 bits per heavy atom. The average Bonchev–Trinajstić information content (AvgIpc) is 2.93. The second kappa shape index (κ2) is 11.8. The van der Waals surface area contributed by atoms with E-state index in [-0.39, 0.29) is 17.2 Å². The van der Waals surface area contributed by atoms with Crippen molar-refractivity contribution < 1.29 is 9.59 Å². The molecule has 0 unspecified atom stereocenters. The molecule has 0 fully saturated rings. The molecule has 0 radical (unpaired) electrons. The summed E-state index contributed by atoms with van der Waals surface area (Å²) in [7, 11) is 0. The van der Waals surface area contributed by atoms with E-state index in [0.717, 1.165) is 0 Å².